The molecule has 0 atom stereocenters. The Kier molecular flexibility index (Phi) is 3.74. The van der Waals surface area contributed by atoms with Gasteiger partial charge in [0.2, 0.25) is 0 Å². The van der Waals surface area contributed by atoms with Crippen LogP contribution in [0.1, 0.15) is 58.8 Å². The highest BCUT2D eigenvalue weighted by Crippen LogP contribution is 2.61. The molecule has 1 amide bonds. The standard InChI is InChI=1S/C16H26N2O2/c1-3-20-15(19)18-17-11(2)7-16-8-12-4-13(9-16)6-14(5-12)10-16/h12-14H,3-10H2,1-2H3,(H,18,19)/b17-11-. The molecule has 4 aliphatic rings. The van der Waals surface area contributed by atoms with E-state index < -0.39 is 6.09 Å². The third-order valence-corrected chi connectivity index (χ3v) is 5.41. The Balaban J connectivity index is 1.59. The molecule has 1 N–H and O–H groups in total. The monoisotopic (exact) mass is 278 g/mol. The summed E-state index contributed by atoms with van der Waals surface area (Å²) in [6.45, 7) is 4.21. The first-order valence-corrected chi connectivity index (χ1v) is 8.04. The number of rotatable bonds is 4. The zero-order chi connectivity index (χ0) is 14.2. The first kappa shape index (κ1) is 13.9. The van der Waals surface area contributed by atoms with Crippen LogP contribution in [0.3, 0.4) is 0 Å². The van der Waals surface area contributed by atoms with Crippen molar-refractivity contribution in [2.24, 2.45) is 28.3 Å². The van der Waals surface area contributed by atoms with Gasteiger partial charge in [0.15, 0.2) is 0 Å². The molecule has 0 spiro atoms. The average Bonchev–Trinajstić information content (AvgIpc) is 2.34. The van der Waals surface area contributed by atoms with E-state index in [-0.39, 0.29) is 0 Å². The average molecular weight is 278 g/mol. The smallest absolute Gasteiger partial charge is 0.427 e. The lowest BCUT2D eigenvalue weighted by Crippen LogP contribution is -2.46. The molecule has 4 saturated carbocycles. The summed E-state index contributed by atoms with van der Waals surface area (Å²) < 4.78 is 4.83. The van der Waals surface area contributed by atoms with Gasteiger partial charge in [0.05, 0.1) is 6.61 Å². The van der Waals surface area contributed by atoms with Gasteiger partial charge in [-0.1, -0.05) is 0 Å². The minimum Gasteiger partial charge on any atom is -0.449 e. The van der Waals surface area contributed by atoms with E-state index in [0.29, 0.717) is 12.0 Å². The minimum absolute atomic E-state index is 0.384. The Morgan fingerprint density at radius 1 is 1.20 bits per heavy atom. The van der Waals surface area contributed by atoms with Crippen molar-refractivity contribution >= 4 is 11.8 Å². The largest absolute Gasteiger partial charge is 0.449 e. The van der Waals surface area contributed by atoms with E-state index >= 15 is 0 Å². The number of hydrazone groups is 1. The molecule has 0 radical (unpaired) electrons. The first-order chi connectivity index (χ1) is 9.58. The number of carbonyl (C=O) groups is 1. The first-order valence-electron chi connectivity index (χ1n) is 8.04. The highest BCUT2D eigenvalue weighted by molar-refractivity contribution is 5.83. The van der Waals surface area contributed by atoms with Gasteiger partial charge in [0.1, 0.15) is 0 Å². The third kappa shape index (κ3) is 2.84. The lowest BCUT2D eigenvalue weighted by atomic mass is 9.48. The van der Waals surface area contributed by atoms with Gasteiger partial charge in [-0.05, 0) is 82.0 Å². The van der Waals surface area contributed by atoms with Crippen LogP contribution in [0.5, 0.6) is 0 Å². The zero-order valence-corrected chi connectivity index (χ0v) is 12.7. The van der Waals surface area contributed by atoms with Crippen molar-refractivity contribution < 1.29 is 9.53 Å². The second-order valence-corrected chi connectivity index (χ2v) is 7.27. The van der Waals surface area contributed by atoms with E-state index in [1.165, 1.54) is 38.5 Å². The summed E-state index contributed by atoms with van der Waals surface area (Å²) >= 11 is 0. The van der Waals surface area contributed by atoms with Crippen LogP contribution in [0.2, 0.25) is 0 Å². The molecule has 0 aliphatic heterocycles. The predicted molar refractivity (Wildman–Crippen MR) is 78.5 cm³/mol. The van der Waals surface area contributed by atoms with Crippen LogP contribution in [-0.4, -0.2) is 18.4 Å². The van der Waals surface area contributed by atoms with Gasteiger partial charge in [-0.15, -0.1) is 0 Å². The van der Waals surface area contributed by atoms with Crippen LogP contribution < -0.4 is 5.43 Å². The van der Waals surface area contributed by atoms with E-state index in [2.05, 4.69) is 10.5 Å². The van der Waals surface area contributed by atoms with Crippen molar-refractivity contribution in [3.8, 4) is 0 Å². The van der Waals surface area contributed by atoms with Gasteiger partial charge >= 0.3 is 6.09 Å². The molecular formula is C16H26N2O2. The van der Waals surface area contributed by atoms with Crippen LogP contribution in [0.4, 0.5) is 4.79 Å². The number of amides is 1. The predicted octanol–water partition coefficient (Wildman–Crippen LogP) is 3.71. The number of nitrogens with zero attached hydrogens (tertiary/aromatic N) is 1. The van der Waals surface area contributed by atoms with Crippen molar-refractivity contribution in [2.45, 2.75) is 58.8 Å². The molecule has 4 aliphatic carbocycles. The molecule has 0 unspecified atom stereocenters. The SMILES string of the molecule is CCOC(=O)N/N=C(/C)CC12CC3CC(CC(C3)C1)C2. The molecule has 4 fully saturated rings. The molecular weight excluding hydrogens is 252 g/mol. The molecule has 0 heterocycles. The van der Waals surface area contributed by atoms with E-state index in [1.54, 1.807) is 6.92 Å². The van der Waals surface area contributed by atoms with Crippen molar-refractivity contribution in [3.63, 3.8) is 0 Å². The van der Waals surface area contributed by atoms with E-state index in [0.717, 1.165) is 29.9 Å². The van der Waals surface area contributed by atoms with Gasteiger partial charge in [-0.2, -0.15) is 5.10 Å². The molecule has 4 rings (SSSR count). The molecule has 0 saturated heterocycles. The minimum atomic E-state index is -0.447. The Morgan fingerprint density at radius 3 is 2.25 bits per heavy atom. The molecule has 4 nitrogen and oxygen atoms in total. The van der Waals surface area contributed by atoms with Gasteiger partial charge in [0, 0.05) is 5.71 Å². The normalized spacial score (nSPS) is 38.9. The molecule has 4 bridgehead atoms. The van der Waals surface area contributed by atoms with Crippen molar-refractivity contribution in [1.82, 2.24) is 5.43 Å². The second-order valence-electron chi connectivity index (χ2n) is 7.27. The highest BCUT2D eigenvalue weighted by atomic mass is 16.5. The molecule has 0 aromatic carbocycles. The summed E-state index contributed by atoms with van der Waals surface area (Å²) in [5.74, 6) is 2.89. The number of carbonyl (C=O) groups excluding carboxylic acids is 1. The van der Waals surface area contributed by atoms with Crippen LogP contribution in [0.15, 0.2) is 5.10 Å². The topological polar surface area (TPSA) is 50.7 Å². The van der Waals surface area contributed by atoms with Gasteiger partial charge in [0.25, 0.3) is 0 Å². The summed E-state index contributed by atoms with van der Waals surface area (Å²) in [4.78, 5) is 11.3. The van der Waals surface area contributed by atoms with Gasteiger partial charge in [-0.3, -0.25) is 0 Å². The van der Waals surface area contributed by atoms with Crippen LogP contribution in [0, 0.1) is 23.2 Å². The summed E-state index contributed by atoms with van der Waals surface area (Å²) in [6.07, 6.45) is 9.14. The maximum absolute atomic E-state index is 11.3. The van der Waals surface area contributed by atoms with Crippen molar-refractivity contribution in [2.75, 3.05) is 6.61 Å². The molecule has 0 aromatic heterocycles. The number of hydrogen-bond acceptors (Lipinski definition) is 3. The maximum Gasteiger partial charge on any atom is 0.427 e. The third-order valence-electron chi connectivity index (χ3n) is 5.41. The second kappa shape index (κ2) is 5.38. The van der Waals surface area contributed by atoms with Crippen LogP contribution >= 0.6 is 0 Å². The van der Waals surface area contributed by atoms with Crippen molar-refractivity contribution in [3.05, 3.63) is 0 Å². The highest BCUT2D eigenvalue weighted by Gasteiger charge is 2.50. The summed E-state index contributed by atoms with van der Waals surface area (Å²) in [5.41, 5.74) is 4.02. The van der Waals surface area contributed by atoms with E-state index in [1.807, 2.05) is 6.92 Å². The Morgan fingerprint density at radius 2 is 1.75 bits per heavy atom. The molecule has 0 aromatic rings. The Bertz CT molecular complexity index is 381. The summed E-state index contributed by atoms with van der Waals surface area (Å²) in [6, 6.07) is 0. The van der Waals surface area contributed by atoms with E-state index in [9.17, 15) is 4.79 Å². The van der Waals surface area contributed by atoms with E-state index in [4.69, 9.17) is 4.74 Å². The Labute approximate surface area is 121 Å². The zero-order valence-electron chi connectivity index (χ0n) is 12.7. The summed E-state index contributed by atoms with van der Waals surface area (Å²) in [5, 5.41) is 4.21. The van der Waals surface area contributed by atoms with Crippen LogP contribution in [0.25, 0.3) is 0 Å². The lowest BCUT2D eigenvalue weighted by Gasteiger charge is -2.57. The summed E-state index contributed by atoms with van der Waals surface area (Å²) in [7, 11) is 0. The Hall–Kier alpha value is -1.06. The maximum atomic E-state index is 11.3. The van der Waals surface area contributed by atoms with Crippen LogP contribution in [-0.2, 0) is 4.74 Å². The fourth-order valence-corrected chi connectivity index (χ4v) is 5.39. The quantitative estimate of drug-likeness (QED) is 0.629. The molecule has 112 valence electrons. The number of nitrogens with one attached hydrogen (secondary N) is 1. The lowest BCUT2D eigenvalue weighted by molar-refractivity contribution is -0.0482. The number of ether oxygens (including phenoxy) is 1. The van der Waals surface area contributed by atoms with Crippen molar-refractivity contribution in [1.29, 1.82) is 0 Å². The van der Waals surface area contributed by atoms with Gasteiger partial charge in [-0.25, -0.2) is 10.2 Å². The fourth-order valence-electron chi connectivity index (χ4n) is 5.39. The van der Waals surface area contributed by atoms with Gasteiger partial charge < -0.3 is 4.74 Å². The fraction of sp³-hybridized carbons (Fsp3) is 0.875. The molecule has 20 heavy (non-hydrogen) atoms. The number of hydrogen-bond donors (Lipinski definition) is 1. The molecule has 4 heteroatoms.